The van der Waals surface area contributed by atoms with E-state index in [1.54, 1.807) is 0 Å². The average molecular weight is 428 g/mol. The Morgan fingerprint density at radius 3 is 2.68 bits per heavy atom. The maximum absolute atomic E-state index is 14.4. The van der Waals surface area contributed by atoms with E-state index in [2.05, 4.69) is 10.3 Å². The van der Waals surface area contributed by atoms with Crippen molar-refractivity contribution in [2.75, 3.05) is 11.6 Å². The fraction of sp³-hybridized carbons (Fsp3) is 0.389. The third-order valence-corrected chi connectivity index (χ3v) is 6.53. The zero-order valence-corrected chi connectivity index (χ0v) is 16.6. The average Bonchev–Trinajstić information content (AvgIpc) is 3.19. The van der Waals surface area contributed by atoms with Crippen molar-refractivity contribution in [3.8, 4) is 0 Å². The van der Waals surface area contributed by atoms with Crippen molar-refractivity contribution in [1.82, 2.24) is 4.98 Å². The first kappa shape index (κ1) is 20.5. The number of thiazole rings is 1. The highest BCUT2D eigenvalue weighted by molar-refractivity contribution is 7.90. The van der Waals surface area contributed by atoms with Crippen LogP contribution in [-0.4, -0.2) is 31.3 Å². The van der Waals surface area contributed by atoms with Crippen molar-refractivity contribution in [1.29, 1.82) is 0 Å². The number of benzene rings is 1. The molecule has 1 saturated carbocycles. The number of anilines is 1. The summed E-state index contributed by atoms with van der Waals surface area (Å²) in [5.74, 6) is -2.20. The van der Waals surface area contributed by atoms with E-state index < -0.39 is 37.5 Å². The summed E-state index contributed by atoms with van der Waals surface area (Å²) >= 11 is 0.664. The SMILES string of the molecule is CS(=O)(=O)c1ccc([C@H](C[C@H]2CCC(=O)C2)C(=O)Nc2ncc(F)s2)cc1F. The fourth-order valence-corrected chi connectivity index (χ4v) is 4.64. The molecule has 3 rings (SSSR count). The number of hydrogen-bond acceptors (Lipinski definition) is 6. The van der Waals surface area contributed by atoms with Crippen LogP contribution in [0.25, 0.3) is 0 Å². The van der Waals surface area contributed by atoms with E-state index in [0.717, 1.165) is 24.6 Å². The number of ketones is 1. The summed E-state index contributed by atoms with van der Waals surface area (Å²) in [6.45, 7) is 0. The van der Waals surface area contributed by atoms with Crippen LogP contribution in [0.1, 0.15) is 37.2 Å². The number of nitrogens with zero attached hydrogens (tertiary/aromatic N) is 1. The highest BCUT2D eigenvalue weighted by atomic mass is 32.2. The Labute approximate surface area is 164 Å². The molecular formula is C18H18F2N2O4S2. The second-order valence-electron chi connectivity index (χ2n) is 6.86. The van der Waals surface area contributed by atoms with Crippen LogP contribution in [0.5, 0.6) is 0 Å². The van der Waals surface area contributed by atoms with Gasteiger partial charge in [-0.25, -0.2) is 17.8 Å². The second-order valence-corrected chi connectivity index (χ2v) is 9.82. The number of Topliss-reactive ketones (excluding diaryl/α,β-unsaturated/α-hetero) is 1. The van der Waals surface area contributed by atoms with Crippen molar-refractivity contribution in [3.63, 3.8) is 0 Å². The Balaban J connectivity index is 1.90. The van der Waals surface area contributed by atoms with Gasteiger partial charge in [0.25, 0.3) is 0 Å². The van der Waals surface area contributed by atoms with Gasteiger partial charge in [0.15, 0.2) is 20.1 Å². The van der Waals surface area contributed by atoms with E-state index in [4.69, 9.17) is 0 Å². The highest BCUT2D eigenvalue weighted by Crippen LogP contribution is 2.34. The number of halogens is 2. The van der Waals surface area contributed by atoms with Gasteiger partial charge in [0.05, 0.1) is 12.1 Å². The Kier molecular flexibility index (Phi) is 5.90. The highest BCUT2D eigenvalue weighted by Gasteiger charge is 2.31. The molecule has 0 bridgehead atoms. The van der Waals surface area contributed by atoms with Crippen LogP contribution in [0, 0.1) is 16.9 Å². The summed E-state index contributed by atoms with van der Waals surface area (Å²) in [5.41, 5.74) is 0.291. The molecule has 0 radical (unpaired) electrons. The van der Waals surface area contributed by atoms with Crippen LogP contribution in [0.2, 0.25) is 0 Å². The number of nitrogens with one attached hydrogen (secondary N) is 1. The normalized spacial score (nSPS) is 18.2. The predicted molar refractivity (Wildman–Crippen MR) is 99.9 cm³/mol. The summed E-state index contributed by atoms with van der Waals surface area (Å²) in [7, 11) is -3.74. The van der Waals surface area contributed by atoms with E-state index in [0.29, 0.717) is 42.6 Å². The molecule has 0 unspecified atom stereocenters. The first-order valence-corrected chi connectivity index (χ1v) is 11.3. The Bertz CT molecular complexity index is 1020. The first-order chi connectivity index (χ1) is 13.1. The minimum absolute atomic E-state index is 0.0334. The molecule has 1 aromatic heterocycles. The van der Waals surface area contributed by atoms with Crippen LogP contribution in [-0.2, 0) is 19.4 Å². The third-order valence-electron chi connectivity index (χ3n) is 4.70. The lowest BCUT2D eigenvalue weighted by Gasteiger charge is -2.20. The Morgan fingerprint density at radius 2 is 2.14 bits per heavy atom. The molecule has 1 amide bonds. The molecule has 0 aliphatic heterocycles. The molecule has 0 saturated heterocycles. The van der Waals surface area contributed by atoms with E-state index >= 15 is 0 Å². The van der Waals surface area contributed by atoms with E-state index in [1.807, 2.05) is 0 Å². The molecule has 6 nitrogen and oxygen atoms in total. The Hall–Kier alpha value is -2.20. The summed E-state index contributed by atoms with van der Waals surface area (Å²) in [4.78, 5) is 27.7. The number of amides is 1. The molecule has 1 aromatic carbocycles. The van der Waals surface area contributed by atoms with Crippen LogP contribution in [0.15, 0.2) is 29.3 Å². The monoisotopic (exact) mass is 428 g/mol. The molecule has 0 spiro atoms. The topological polar surface area (TPSA) is 93.2 Å². The maximum atomic E-state index is 14.4. The maximum Gasteiger partial charge on any atom is 0.233 e. The molecule has 2 atom stereocenters. The van der Waals surface area contributed by atoms with Crippen LogP contribution in [0.4, 0.5) is 13.9 Å². The summed E-state index contributed by atoms with van der Waals surface area (Å²) in [5, 5.41) is 2.03. The molecular weight excluding hydrogens is 410 g/mol. The molecule has 2 aromatic rings. The lowest BCUT2D eigenvalue weighted by Crippen LogP contribution is -2.23. The molecule has 1 N–H and O–H groups in total. The van der Waals surface area contributed by atoms with Crippen molar-refractivity contribution in [2.45, 2.75) is 36.5 Å². The van der Waals surface area contributed by atoms with Crippen molar-refractivity contribution in [2.24, 2.45) is 5.92 Å². The van der Waals surface area contributed by atoms with Gasteiger partial charge in [0.2, 0.25) is 5.91 Å². The molecule has 1 fully saturated rings. The number of hydrogen-bond donors (Lipinski definition) is 1. The molecule has 28 heavy (non-hydrogen) atoms. The first-order valence-electron chi connectivity index (χ1n) is 8.57. The minimum Gasteiger partial charge on any atom is -0.301 e. The van der Waals surface area contributed by atoms with Crippen molar-refractivity contribution < 1.29 is 26.8 Å². The summed E-state index contributed by atoms with van der Waals surface area (Å²) < 4.78 is 50.7. The number of rotatable bonds is 6. The van der Waals surface area contributed by atoms with Gasteiger partial charge in [-0.05, 0) is 36.5 Å². The summed E-state index contributed by atoms with van der Waals surface area (Å²) in [6.07, 6.45) is 3.60. The van der Waals surface area contributed by atoms with Gasteiger partial charge in [-0.3, -0.25) is 9.59 Å². The molecule has 1 aliphatic carbocycles. The molecule has 1 aliphatic rings. The zero-order valence-electron chi connectivity index (χ0n) is 14.9. The lowest BCUT2D eigenvalue weighted by atomic mass is 9.87. The quantitative estimate of drug-likeness (QED) is 0.762. The van der Waals surface area contributed by atoms with Gasteiger partial charge in [-0.1, -0.05) is 17.4 Å². The number of aromatic nitrogens is 1. The lowest BCUT2D eigenvalue weighted by molar-refractivity contribution is -0.119. The van der Waals surface area contributed by atoms with Gasteiger partial charge in [0.1, 0.15) is 16.5 Å². The standard InChI is InChI=1S/C18H18F2N2O4S2/c1-28(25,26)15-5-3-11(8-14(15)19)13(7-10-2-4-12(23)6-10)17(24)22-18-21-9-16(20)27-18/h3,5,8-10,13H,2,4,6-7H2,1H3,(H,21,22,24)/t10-,13-/m0/s1. The van der Waals surface area contributed by atoms with Crippen molar-refractivity contribution >= 4 is 38.0 Å². The van der Waals surface area contributed by atoms with Gasteiger partial charge in [-0.15, -0.1) is 0 Å². The zero-order chi connectivity index (χ0) is 20.5. The molecule has 150 valence electrons. The molecule has 10 heteroatoms. The molecule has 1 heterocycles. The minimum atomic E-state index is -3.74. The Morgan fingerprint density at radius 1 is 1.39 bits per heavy atom. The van der Waals surface area contributed by atoms with Crippen molar-refractivity contribution in [3.05, 3.63) is 40.9 Å². The van der Waals surface area contributed by atoms with Crippen LogP contribution < -0.4 is 5.32 Å². The third kappa shape index (κ3) is 4.79. The van der Waals surface area contributed by atoms with Crippen LogP contribution >= 0.6 is 11.3 Å². The van der Waals surface area contributed by atoms with Gasteiger partial charge >= 0.3 is 0 Å². The fourth-order valence-electron chi connectivity index (χ4n) is 3.36. The number of sulfone groups is 1. The van der Waals surface area contributed by atoms with Gasteiger partial charge < -0.3 is 5.32 Å². The number of carbonyl (C=O) groups is 2. The predicted octanol–water partition coefficient (Wildman–Crippen LogP) is 3.31. The second kappa shape index (κ2) is 8.04. The smallest absolute Gasteiger partial charge is 0.233 e. The van der Waals surface area contributed by atoms with E-state index in [9.17, 15) is 26.8 Å². The summed E-state index contributed by atoms with van der Waals surface area (Å²) in [6, 6.07) is 3.55. The number of carbonyl (C=O) groups excluding carboxylic acids is 2. The van der Waals surface area contributed by atoms with Gasteiger partial charge in [0, 0.05) is 19.1 Å². The van der Waals surface area contributed by atoms with Crippen LogP contribution in [0.3, 0.4) is 0 Å². The van der Waals surface area contributed by atoms with E-state index in [1.165, 1.54) is 6.07 Å². The largest absolute Gasteiger partial charge is 0.301 e. The van der Waals surface area contributed by atoms with E-state index in [-0.39, 0.29) is 16.8 Å². The van der Waals surface area contributed by atoms with Gasteiger partial charge in [-0.2, -0.15) is 4.39 Å².